The van der Waals surface area contributed by atoms with Gasteiger partial charge >= 0.3 is 0 Å². The zero-order valence-electron chi connectivity index (χ0n) is 13.9. The van der Waals surface area contributed by atoms with E-state index < -0.39 is 0 Å². The van der Waals surface area contributed by atoms with Gasteiger partial charge in [-0.1, -0.05) is 84.8 Å². The van der Waals surface area contributed by atoms with Gasteiger partial charge in [0.25, 0.3) is 0 Å². The van der Waals surface area contributed by atoms with E-state index in [2.05, 4.69) is 39.6 Å². The Bertz CT molecular complexity index is 206. The lowest BCUT2D eigenvalue weighted by atomic mass is 10.0. The van der Waals surface area contributed by atoms with Crippen LogP contribution < -0.4 is 5.32 Å². The minimum atomic E-state index is 0.610. The highest BCUT2D eigenvalue weighted by Crippen LogP contribution is 2.11. The Morgan fingerprint density at radius 1 is 0.842 bits per heavy atom. The van der Waals surface area contributed by atoms with Crippen LogP contribution in [0.5, 0.6) is 0 Å². The second kappa shape index (κ2) is 12.7. The van der Waals surface area contributed by atoms with Crippen LogP contribution in [0.4, 0.5) is 0 Å². The molecule has 0 heterocycles. The zero-order valence-corrected chi connectivity index (χ0v) is 13.9. The van der Waals surface area contributed by atoms with E-state index in [1.807, 2.05) is 0 Å². The van der Waals surface area contributed by atoms with Gasteiger partial charge in [0.15, 0.2) is 0 Å². The van der Waals surface area contributed by atoms with Gasteiger partial charge in [0.05, 0.1) is 0 Å². The van der Waals surface area contributed by atoms with Crippen molar-refractivity contribution in [2.45, 2.75) is 79.1 Å². The van der Waals surface area contributed by atoms with E-state index in [1.54, 1.807) is 0 Å². The maximum absolute atomic E-state index is 4.08. The molecule has 0 aliphatic rings. The summed E-state index contributed by atoms with van der Waals surface area (Å²) >= 11 is 0. The molecule has 0 aliphatic heterocycles. The van der Waals surface area contributed by atoms with Gasteiger partial charge in [0, 0.05) is 6.54 Å². The first-order chi connectivity index (χ1) is 9.04. The summed E-state index contributed by atoms with van der Waals surface area (Å²) in [4.78, 5) is 0. The van der Waals surface area contributed by atoms with Crippen LogP contribution in [0.15, 0.2) is 12.2 Å². The summed E-state index contributed by atoms with van der Waals surface area (Å²) in [5.74, 6) is 1.49. The van der Waals surface area contributed by atoms with Gasteiger partial charge < -0.3 is 5.32 Å². The number of rotatable bonds is 13. The molecule has 0 fully saturated rings. The molecule has 1 nitrogen and oxygen atoms in total. The lowest BCUT2D eigenvalue weighted by Crippen LogP contribution is -2.19. The topological polar surface area (TPSA) is 12.0 Å². The highest BCUT2D eigenvalue weighted by molar-refractivity contribution is 4.99. The zero-order chi connectivity index (χ0) is 14.5. The van der Waals surface area contributed by atoms with E-state index in [0.29, 0.717) is 5.92 Å². The SMILES string of the molecule is C=C(CNCCCCCCCCCC(C)C)C(C)C. The standard InChI is InChI=1S/C18H37N/c1-16(2)13-11-9-7-6-8-10-12-14-19-15-18(5)17(3)4/h16-17,19H,5-15H2,1-4H3. The van der Waals surface area contributed by atoms with Gasteiger partial charge in [-0.3, -0.25) is 0 Å². The molecule has 0 bridgehead atoms. The minimum absolute atomic E-state index is 0.610. The Morgan fingerprint density at radius 2 is 1.37 bits per heavy atom. The molecular formula is C18H37N. The molecule has 0 unspecified atom stereocenters. The first-order valence-corrected chi connectivity index (χ1v) is 8.42. The quantitative estimate of drug-likeness (QED) is 0.340. The lowest BCUT2D eigenvalue weighted by Gasteiger charge is -2.10. The normalized spacial score (nSPS) is 11.5. The summed E-state index contributed by atoms with van der Waals surface area (Å²) in [5.41, 5.74) is 1.32. The van der Waals surface area contributed by atoms with Gasteiger partial charge in [-0.15, -0.1) is 0 Å². The molecular weight excluding hydrogens is 230 g/mol. The van der Waals surface area contributed by atoms with Crippen LogP contribution in [0.2, 0.25) is 0 Å². The molecule has 0 amide bonds. The van der Waals surface area contributed by atoms with Crippen molar-refractivity contribution in [3.05, 3.63) is 12.2 Å². The molecule has 0 aromatic rings. The highest BCUT2D eigenvalue weighted by Gasteiger charge is 1.99. The highest BCUT2D eigenvalue weighted by atomic mass is 14.8. The molecule has 114 valence electrons. The van der Waals surface area contributed by atoms with Crippen molar-refractivity contribution in [2.75, 3.05) is 13.1 Å². The summed E-state index contributed by atoms with van der Waals surface area (Å²) in [6.45, 7) is 15.3. The van der Waals surface area contributed by atoms with Gasteiger partial charge in [-0.2, -0.15) is 0 Å². The summed E-state index contributed by atoms with van der Waals surface area (Å²) < 4.78 is 0. The van der Waals surface area contributed by atoms with Gasteiger partial charge in [-0.05, 0) is 24.8 Å². The van der Waals surface area contributed by atoms with Crippen LogP contribution >= 0.6 is 0 Å². The first-order valence-electron chi connectivity index (χ1n) is 8.42. The second-order valence-corrected chi connectivity index (χ2v) is 6.65. The maximum Gasteiger partial charge on any atom is 0.0164 e. The van der Waals surface area contributed by atoms with E-state index in [1.165, 1.54) is 56.9 Å². The largest absolute Gasteiger partial charge is 0.313 e. The van der Waals surface area contributed by atoms with Crippen LogP contribution in [0, 0.1) is 11.8 Å². The van der Waals surface area contributed by atoms with Crippen molar-refractivity contribution in [3.63, 3.8) is 0 Å². The third-order valence-electron chi connectivity index (χ3n) is 3.80. The summed E-state index contributed by atoms with van der Waals surface area (Å²) in [6, 6.07) is 0. The molecule has 0 aromatic carbocycles. The first kappa shape index (κ1) is 18.7. The molecule has 0 aliphatic carbocycles. The van der Waals surface area contributed by atoms with Crippen LogP contribution in [0.25, 0.3) is 0 Å². The second-order valence-electron chi connectivity index (χ2n) is 6.65. The molecule has 1 heteroatoms. The van der Waals surface area contributed by atoms with E-state index >= 15 is 0 Å². The monoisotopic (exact) mass is 267 g/mol. The van der Waals surface area contributed by atoms with Crippen LogP contribution in [-0.2, 0) is 0 Å². The molecule has 1 N–H and O–H groups in total. The Labute approximate surface area is 122 Å². The van der Waals surface area contributed by atoms with Crippen molar-refractivity contribution in [1.29, 1.82) is 0 Å². The minimum Gasteiger partial charge on any atom is -0.313 e. The molecule has 0 rings (SSSR count). The van der Waals surface area contributed by atoms with Crippen LogP contribution in [-0.4, -0.2) is 13.1 Å². The Hall–Kier alpha value is -0.300. The van der Waals surface area contributed by atoms with Crippen LogP contribution in [0.1, 0.15) is 79.1 Å². The molecule has 0 saturated heterocycles. The Balaban J connectivity index is 3.09. The van der Waals surface area contributed by atoms with Gasteiger partial charge in [0.2, 0.25) is 0 Å². The van der Waals surface area contributed by atoms with Crippen molar-refractivity contribution < 1.29 is 0 Å². The average Bonchev–Trinajstić information content (AvgIpc) is 2.35. The van der Waals surface area contributed by atoms with Gasteiger partial charge in [0.1, 0.15) is 0 Å². The van der Waals surface area contributed by atoms with E-state index in [9.17, 15) is 0 Å². The third kappa shape index (κ3) is 13.9. The predicted molar refractivity (Wildman–Crippen MR) is 88.6 cm³/mol. The van der Waals surface area contributed by atoms with Crippen LogP contribution in [0.3, 0.4) is 0 Å². The van der Waals surface area contributed by atoms with E-state index in [4.69, 9.17) is 0 Å². The molecule has 0 saturated carbocycles. The molecule has 0 radical (unpaired) electrons. The maximum atomic E-state index is 4.08. The Kier molecular flexibility index (Phi) is 12.5. The number of hydrogen-bond donors (Lipinski definition) is 1. The molecule has 19 heavy (non-hydrogen) atoms. The van der Waals surface area contributed by atoms with E-state index in [-0.39, 0.29) is 0 Å². The van der Waals surface area contributed by atoms with Crippen molar-refractivity contribution in [3.8, 4) is 0 Å². The van der Waals surface area contributed by atoms with E-state index in [0.717, 1.165) is 19.0 Å². The third-order valence-corrected chi connectivity index (χ3v) is 3.80. The smallest absolute Gasteiger partial charge is 0.0164 e. The van der Waals surface area contributed by atoms with Gasteiger partial charge in [-0.25, -0.2) is 0 Å². The molecule has 0 spiro atoms. The predicted octanol–water partition coefficient (Wildman–Crippen LogP) is 5.57. The van der Waals surface area contributed by atoms with Crippen molar-refractivity contribution >= 4 is 0 Å². The number of nitrogens with one attached hydrogen (secondary N) is 1. The fourth-order valence-electron chi connectivity index (χ4n) is 2.14. The molecule has 0 atom stereocenters. The van der Waals surface area contributed by atoms with Crippen molar-refractivity contribution in [2.24, 2.45) is 11.8 Å². The number of unbranched alkanes of at least 4 members (excludes halogenated alkanes) is 6. The van der Waals surface area contributed by atoms with Crippen molar-refractivity contribution in [1.82, 2.24) is 5.32 Å². The Morgan fingerprint density at radius 3 is 1.89 bits per heavy atom. The molecule has 0 aromatic heterocycles. The summed E-state index contributed by atoms with van der Waals surface area (Å²) in [5, 5.41) is 3.49. The fourth-order valence-corrected chi connectivity index (χ4v) is 2.14. The summed E-state index contributed by atoms with van der Waals surface area (Å²) in [6.07, 6.45) is 11.2. The number of hydrogen-bond acceptors (Lipinski definition) is 1. The average molecular weight is 268 g/mol. The fraction of sp³-hybridized carbons (Fsp3) is 0.889. The lowest BCUT2D eigenvalue weighted by molar-refractivity contribution is 0.506. The summed E-state index contributed by atoms with van der Waals surface area (Å²) in [7, 11) is 0.